The SMILES string of the molecule is CC(C)Oc1cc2nc(C3CCOCC3)cn2cc1NC(=O)c1cccc2c1OCC2(F)F. The molecular formula is C24H25F2N3O4. The summed E-state index contributed by atoms with van der Waals surface area (Å²) >= 11 is 0. The number of benzene rings is 1. The zero-order valence-corrected chi connectivity index (χ0v) is 18.4. The number of para-hydroxylation sites is 1. The van der Waals surface area contributed by atoms with E-state index >= 15 is 0 Å². The number of halogens is 2. The third-order valence-electron chi connectivity index (χ3n) is 5.88. The van der Waals surface area contributed by atoms with Crippen LogP contribution in [0, 0.1) is 0 Å². The summed E-state index contributed by atoms with van der Waals surface area (Å²) in [5, 5.41) is 2.81. The van der Waals surface area contributed by atoms with Crippen LogP contribution >= 0.6 is 0 Å². The highest BCUT2D eigenvalue weighted by atomic mass is 19.3. The van der Waals surface area contributed by atoms with E-state index in [4.69, 9.17) is 19.2 Å². The number of amides is 1. The lowest BCUT2D eigenvalue weighted by molar-refractivity contribution is -0.0214. The summed E-state index contributed by atoms with van der Waals surface area (Å²) in [6.45, 7) is 4.42. The lowest BCUT2D eigenvalue weighted by atomic mass is 9.97. The van der Waals surface area contributed by atoms with E-state index in [9.17, 15) is 13.6 Å². The molecular weight excluding hydrogens is 432 g/mol. The molecule has 4 heterocycles. The van der Waals surface area contributed by atoms with Gasteiger partial charge in [0.2, 0.25) is 0 Å². The first kappa shape index (κ1) is 21.6. The third-order valence-corrected chi connectivity index (χ3v) is 5.88. The van der Waals surface area contributed by atoms with Crippen LogP contribution in [0.4, 0.5) is 14.5 Å². The average molecular weight is 457 g/mol. The smallest absolute Gasteiger partial charge is 0.310 e. The molecule has 3 aromatic rings. The number of fused-ring (bicyclic) bond motifs is 2. The number of aromatic nitrogens is 2. The summed E-state index contributed by atoms with van der Waals surface area (Å²) in [7, 11) is 0. The lowest BCUT2D eigenvalue weighted by Gasteiger charge is -2.19. The molecule has 33 heavy (non-hydrogen) atoms. The Kier molecular flexibility index (Phi) is 5.44. The fourth-order valence-corrected chi connectivity index (χ4v) is 4.26. The van der Waals surface area contributed by atoms with E-state index in [0.29, 0.717) is 36.2 Å². The molecule has 174 valence electrons. The fourth-order valence-electron chi connectivity index (χ4n) is 4.26. The van der Waals surface area contributed by atoms with Gasteiger partial charge in [-0.2, -0.15) is 8.78 Å². The van der Waals surface area contributed by atoms with Crippen molar-refractivity contribution in [3.8, 4) is 11.5 Å². The monoisotopic (exact) mass is 457 g/mol. The number of anilines is 1. The topological polar surface area (TPSA) is 74.1 Å². The van der Waals surface area contributed by atoms with Gasteiger partial charge in [0.15, 0.2) is 6.61 Å². The zero-order chi connectivity index (χ0) is 23.2. The van der Waals surface area contributed by atoms with Crippen molar-refractivity contribution >= 4 is 17.2 Å². The van der Waals surface area contributed by atoms with Gasteiger partial charge in [0.1, 0.15) is 22.8 Å². The highest BCUT2D eigenvalue weighted by Crippen LogP contribution is 2.43. The summed E-state index contributed by atoms with van der Waals surface area (Å²) in [5.74, 6) is -2.99. The number of imidazole rings is 1. The number of hydrogen-bond acceptors (Lipinski definition) is 5. The quantitative estimate of drug-likeness (QED) is 0.599. The van der Waals surface area contributed by atoms with Gasteiger partial charge in [0.05, 0.1) is 22.9 Å². The van der Waals surface area contributed by atoms with E-state index < -0.39 is 18.4 Å². The average Bonchev–Trinajstić information content (AvgIpc) is 3.34. The van der Waals surface area contributed by atoms with Crippen molar-refractivity contribution in [2.45, 2.75) is 44.6 Å². The Balaban J connectivity index is 1.49. The first-order chi connectivity index (χ1) is 15.8. The summed E-state index contributed by atoms with van der Waals surface area (Å²) in [5.41, 5.74) is 1.86. The van der Waals surface area contributed by atoms with Crippen LogP contribution in [0.5, 0.6) is 11.5 Å². The van der Waals surface area contributed by atoms with Gasteiger partial charge < -0.3 is 23.9 Å². The minimum atomic E-state index is -3.12. The van der Waals surface area contributed by atoms with Crippen LogP contribution in [-0.4, -0.2) is 41.2 Å². The van der Waals surface area contributed by atoms with Crippen LogP contribution < -0.4 is 14.8 Å². The van der Waals surface area contributed by atoms with Gasteiger partial charge >= 0.3 is 5.92 Å². The highest BCUT2D eigenvalue weighted by molar-refractivity contribution is 6.07. The van der Waals surface area contributed by atoms with Crippen molar-refractivity contribution in [1.29, 1.82) is 0 Å². The molecule has 2 aromatic heterocycles. The summed E-state index contributed by atoms with van der Waals surface area (Å²) in [6.07, 6.45) is 5.36. The molecule has 5 rings (SSSR count). The maximum Gasteiger partial charge on any atom is 0.310 e. The first-order valence-corrected chi connectivity index (χ1v) is 11.0. The number of hydrogen-bond donors (Lipinski definition) is 1. The van der Waals surface area contributed by atoms with Crippen molar-refractivity contribution in [1.82, 2.24) is 9.38 Å². The minimum Gasteiger partial charge on any atom is -0.489 e. The van der Waals surface area contributed by atoms with Crippen molar-refractivity contribution in [2.24, 2.45) is 0 Å². The maximum atomic E-state index is 14.1. The van der Waals surface area contributed by atoms with Crippen molar-refractivity contribution in [2.75, 3.05) is 25.1 Å². The molecule has 0 atom stereocenters. The minimum absolute atomic E-state index is 0.0498. The van der Waals surface area contributed by atoms with Crippen molar-refractivity contribution in [3.63, 3.8) is 0 Å². The van der Waals surface area contributed by atoms with Crippen LogP contribution in [-0.2, 0) is 10.7 Å². The molecule has 1 saturated heterocycles. The Morgan fingerprint density at radius 3 is 2.82 bits per heavy atom. The molecule has 1 fully saturated rings. The third kappa shape index (κ3) is 4.13. The molecule has 2 aliphatic heterocycles. The number of rotatable bonds is 5. The predicted molar refractivity (Wildman–Crippen MR) is 118 cm³/mol. The van der Waals surface area contributed by atoms with E-state index in [1.807, 2.05) is 24.4 Å². The molecule has 7 nitrogen and oxygen atoms in total. The number of carbonyl (C=O) groups is 1. The molecule has 0 bridgehead atoms. The lowest BCUT2D eigenvalue weighted by Crippen LogP contribution is -2.16. The molecule has 1 aromatic carbocycles. The Bertz CT molecular complexity index is 1200. The number of nitrogens with one attached hydrogen (secondary N) is 1. The Morgan fingerprint density at radius 2 is 2.06 bits per heavy atom. The van der Waals surface area contributed by atoms with Gasteiger partial charge in [-0.15, -0.1) is 0 Å². The second kappa shape index (κ2) is 8.30. The van der Waals surface area contributed by atoms with Gasteiger partial charge in [-0.05, 0) is 38.8 Å². The molecule has 0 saturated carbocycles. The molecule has 2 aliphatic rings. The number of pyridine rings is 1. The Hall–Kier alpha value is -3.20. The van der Waals surface area contributed by atoms with E-state index in [-0.39, 0.29) is 23.0 Å². The van der Waals surface area contributed by atoms with Gasteiger partial charge in [0, 0.05) is 37.6 Å². The number of nitrogens with zero attached hydrogens (tertiary/aromatic N) is 2. The van der Waals surface area contributed by atoms with E-state index in [2.05, 4.69) is 5.32 Å². The molecule has 0 radical (unpaired) electrons. The van der Waals surface area contributed by atoms with E-state index in [0.717, 1.165) is 18.5 Å². The predicted octanol–water partition coefficient (Wildman–Crippen LogP) is 4.75. The molecule has 1 N–H and O–H groups in total. The molecule has 0 aliphatic carbocycles. The number of ether oxygens (including phenoxy) is 3. The highest BCUT2D eigenvalue weighted by Gasteiger charge is 2.43. The van der Waals surface area contributed by atoms with Crippen LogP contribution in [0.15, 0.2) is 36.7 Å². The number of carbonyl (C=O) groups excluding carboxylic acids is 1. The van der Waals surface area contributed by atoms with Crippen LogP contribution in [0.2, 0.25) is 0 Å². The normalized spacial score (nSPS) is 17.7. The molecule has 1 amide bonds. The first-order valence-electron chi connectivity index (χ1n) is 11.0. The van der Waals surface area contributed by atoms with Crippen LogP contribution in [0.1, 0.15) is 54.2 Å². The van der Waals surface area contributed by atoms with Crippen LogP contribution in [0.25, 0.3) is 5.65 Å². The van der Waals surface area contributed by atoms with E-state index in [1.165, 1.54) is 18.2 Å². The van der Waals surface area contributed by atoms with Gasteiger partial charge in [0.25, 0.3) is 5.91 Å². The van der Waals surface area contributed by atoms with Crippen molar-refractivity contribution in [3.05, 3.63) is 53.5 Å². The van der Waals surface area contributed by atoms with Gasteiger partial charge in [-0.1, -0.05) is 6.07 Å². The molecule has 0 spiro atoms. The van der Waals surface area contributed by atoms with Gasteiger partial charge in [-0.25, -0.2) is 4.98 Å². The zero-order valence-electron chi connectivity index (χ0n) is 18.4. The Labute approximate surface area is 189 Å². The van der Waals surface area contributed by atoms with Crippen LogP contribution in [0.3, 0.4) is 0 Å². The molecule has 0 unspecified atom stereocenters. The molecule has 9 heteroatoms. The largest absolute Gasteiger partial charge is 0.489 e. The van der Waals surface area contributed by atoms with E-state index in [1.54, 1.807) is 12.3 Å². The fraction of sp³-hybridized carbons (Fsp3) is 0.417. The summed E-state index contributed by atoms with van der Waals surface area (Å²) in [4.78, 5) is 17.8. The summed E-state index contributed by atoms with van der Waals surface area (Å²) < 4.78 is 46.5. The number of alkyl halides is 2. The maximum absolute atomic E-state index is 14.1. The van der Waals surface area contributed by atoms with Gasteiger partial charge in [-0.3, -0.25) is 4.79 Å². The second-order valence-corrected chi connectivity index (χ2v) is 8.67. The Morgan fingerprint density at radius 1 is 1.27 bits per heavy atom. The summed E-state index contributed by atoms with van der Waals surface area (Å²) in [6, 6.07) is 5.96. The standard InChI is InChI=1S/C24H25F2N3O4/c1-14(2)33-20-10-21-27-18(15-6-8-31-9-7-15)11-29(21)12-19(20)28-23(30)16-4-3-5-17-22(16)32-13-24(17,25)26/h3-5,10-12,14-15H,6-9,13H2,1-2H3,(H,28,30). The second-order valence-electron chi connectivity index (χ2n) is 8.67. The van der Waals surface area contributed by atoms with Crippen molar-refractivity contribution < 1.29 is 27.8 Å².